The molecule has 2 bridgehead atoms. The smallest absolute Gasteiger partial charge is 0.233 e. The highest BCUT2D eigenvalue weighted by atomic mass is 127. The predicted molar refractivity (Wildman–Crippen MR) is 126 cm³/mol. The maximum Gasteiger partial charge on any atom is 0.233 e. The number of aliphatic imine (C=N–C) groups is 1. The zero-order valence-electron chi connectivity index (χ0n) is 17.3. The third-order valence-corrected chi connectivity index (χ3v) is 6.28. The first-order valence-corrected chi connectivity index (χ1v) is 10.2. The summed E-state index contributed by atoms with van der Waals surface area (Å²) in [6.45, 7) is 1.60. The van der Waals surface area contributed by atoms with Crippen molar-refractivity contribution < 1.29 is 14.3 Å². The fraction of sp³-hybridized carbons (Fsp3) is 0.500. The number of hydrogen-bond acceptors (Lipinski definition) is 4. The summed E-state index contributed by atoms with van der Waals surface area (Å²) in [7, 11) is 3.37. The van der Waals surface area contributed by atoms with Gasteiger partial charge in [-0.15, -0.1) is 24.0 Å². The second-order valence-electron chi connectivity index (χ2n) is 7.85. The van der Waals surface area contributed by atoms with Crippen LogP contribution < -0.4 is 15.4 Å². The minimum Gasteiger partial charge on any atom is -0.497 e. The van der Waals surface area contributed by atoms with Gasteiger partial charge in [0, 0.05) is 26.7 Å². The molecule has 1 aliphatic heterocycles. The van der Waals surface area contributed by atoms with Crippen LogP contribution in [0.3, 0.4) is 0 Å². The number of nitrogens with one attached hydrogen (secondary N) is 2. The van der Waals surface area contributed by atoms with E-state index in [2.05, 4.69) is 27.8 Å². The molecule has 2 fully saturated rings. The molecule has 2 aliphatic carbocycles. The molecule has 30 heavy (non-hydrogen) atoms. The lowest BCUT2D eigenvalue weighted by atomic mass is 9.85. The molecular weight excluding hydrogens is 495 g/mol. The number of carbonyl (C=O) groups is 2. The molecule has 7 nitrogen and oxygen atoms in total. The summed E-state index contributed by atoms with van der Waals surface area (Å²) in [4.78, 5) is 31.1. The fourth-order valence-electron chi connectivity index (χ4n) is 4.81. The molecule has 1 heterocycles. The molecule has 3 aliphatic rings. The van der Waals surface area contributed by atoms with Crippen LogP contribution in [0, 0.1) is 23.7 Å². The molecule has 0 spiro atoms. The largest absolute Gasteiger partial charge is 0.497 e. The van der Waals surface area contributed by atoms with Crippen LogP contribution in [0.25, 0.3) is 0 Å². The highest BCUT2D eigenvalue weighted by Crippen LogP contribution is 2.52. The molecule has 1 aromatic carbocycles. The van der Waals surface area contributed by atoms with Gasteiger partial charge in [-0.3, -0.25) is 19.5 Å². The quantitative estimate of drug-likeness (QED) is 0.187. The van der Waals surface area contributed by atoms with Crippen molar-refractivity contribution in [1.82, 2.24) is 15.5 Å². The van der Waals surface area contributed by atoms with Gasteiger partial charge >= 0.3 is 0 Å². The molecule has 4 rings (SSSR count). The summed E-state index contributed by atoms with van der Waals surface area (Å²) in [5, 5.41) is 6.47. The Balaban J connectivity index is 0.00000256. The Kier molecular flexibility index (Phi) is 7.38. The van der Waals surface area contributed by atoms with Gasteiger partial charge in [0.1, 0.15) is 5.75 Å². The minimum absolute atomic E-state index is 0. The summed E-state index contributed by atoms with van der Waals surface area (Å²) in [5.41, 5.74) is 1.21. The van der Waals surface area contributed by atoms with E-state index in [1.807, 2.05) is 24.3 Å². The van der Waals surface area contributed by atoms with Crippen LogP contribution in [0.4, 0.5) is 0 Å². The number of halogens is 1. The van der Waals surface area contributed by atoms with Crippen molar-refractivity contribution in [3.05, 3.63) is 42.0 Å². The van der Waals surface area contributed by atoms with E-state index in [-0.39, 0.29) is 59.5 Å². The van der Waals surface area contributed by atoms with Gasteiger partial charge in [-0.2, -0.15) is 0 Å². The van der Waals surface area contributed by atoms with E-state index in [0.29, 0.717) is 19.0 Å². The number of carbonyl (C=O) groups excluding carboxylic acids is 2. The van der Waals surface area contributed by atoms with E-state index in [0.717, 1.165) is 25.1 Å². The number of benzene rings is 1. The Morgan fingerprint density at radius 2 is 1.67 bits per heavy atom. The number of ether oxygens (including phenoxy) is 1. The molecular formula is C22H29IN4O3. The molecule has 0 aromatic heterocycles. The average Bonchev–Trinajstić information content (AvgIpc) is 3.42. The molecule has 1 aromatic rings. The van der Waals surface area contributed by atoms with Crippen molar-refractivity contribution in [3.8, 4) is 5.75 Å². The SMILES string of the molecule is CN=C(NCCc1ccc(OC)cc1)NCCN1C(=O)C2C3C=CC(C3)C2C1=O.I. The number of likely N-dealkylation sites (tertiary alicyclic amines) is 1. The Hall–Kier alpha value is -2.10. The van der Waals surface area contributed by atoms with Gasteiger partial charge in [0.15, 0.2) is 5.96 Å². The monoisotopic (exact) mass is 524 g/mol. The zero-order chi connectivity index (χ0) is 20.4. The van der Waals surface area contributed by atoms with Gasteiger partial charge in [-0.05, 0) is 42.4 Å². The van der Waals surface area contributed by atoms with Gasteiger partial charge in [0.05, 0.1) is 18.9 Å². The minimum atomic E-state index is -0.126. The summed E-state index contributed by atoms with van der Waals surface area (Å²) in [6, 6.07) is 7.98. The average molecular weight is 524 g/mol. The maximum atomic E-state index is 12.7. The number of methoxy groups -OCH3 is 1. The third kappa shape index (κ3) is 4.33. The van der Waals surface area contributed by atoms with Crippen LogP contribution in [-0.4, -0.2) is 56.5 Å². The summed E-state index contributed by atoms with van der Waals surface area (Å²) in [5.74, 6) is 1.78. The number of fused-ring (bicyclic) bond motifs is 5. The molecule has 1 saturated carbocycles. The highest BCUT2D eigenvalue weighted by molar-refractivity contribution is 14.0. The number of hydrogen-bond donors (Lipinski definition) is 2. The van der Waals surface area contributed by atoms with Crippen LogP contribution in [-0.2, 0) is 16.0 Å². The molecule has 2 amide bonds. The van der Waals surface area contributed by atoms with E-state index in [1.54, 1.807) is 14.2 Å². The summed E-state index contributed by atoms with van der Waals surface area (Å²) in [6.07, 6.45) is 6.05. The lowest BCUT2D eigenvalue weighted by molar-refractivity contribution is -0.140. The van der Waals surface area contributed by atoms with Crippen molar-refractivity contribution in [2.75, 3.05) is 33.8 Å². The number of nitrogens with zero attached hydrogens (tertiary/aromatic N) is 2. The van der Waals surface area contributed by atoms with Crippen molar-refractivity contribution in [2.45, 2.75) is 12.8 Å². The Bertz CT molecular complexity index is 809. The number of allylic oxidation sites excluding steroid dienone is 2. The fourth-order valence-corrected chi connectivity index (χ4v) is 4.81. The number of amides is 2. The highest BCUT2D eigenvalue weighted by Gasteiger charge is 2.58. The summed E-state index contributed by atoms with van der Waals surface area (Å²) >= 11 is 0. The first-order chi connectivity index (χ1) is 14.1. The van der Waals surface area contributed by atoms with E-state index >= 15 is 0 Å². The van der Waals surface area contributed by atoms with E-state index in [4.69, 9.17) is 4.74 Å². The van der Waals surface area contributed by atoms with Gasteiger partial charge in [0.2, 0.25) is 11.8 Å². The van der Waals surface area contributed by atoms with E-state index < -0.39 is 0 Å². The standard InChI is InChI=1S/C22H28N4O3.HI/c1-23-22(24-10-9-14-3-7-17(29-2)8-4-14)25-11-12-26-20(27)18-15-5-6-16(13-15)19(18)21(26)28;/h3-8,15-16,18-19H,9-13H2,1-2H3,(H2,23,24,25);1H. The number of rotatable bonds is 7. The maximum absolute atomic E-state index is 12.7. The van der Waals surface area contributed by atoms with Crippen LogP contribution in [0.15, 0.2) is 41.4 Å². The van der Waals surface area contributed by atoms with Crippen LogP contribution >= 0.6 is 24.0 Å². The molecule has 2 N–H and O–H groups in total. The van der Waals surface area contributed by atoms with E-state index in [9.17, 15) is 9.59 Å². The lowest BCUT2D eigenvalue weighted by Gasteiger charge is -2.18. The lowest BCUT2D eigenvalue weighted by Crippen LogP contribution is -2.44. The molecule has 1 saturated heterocycles. The van der Waals surface area contributed by atoms with Crippen molar-refractivity contribution >= 4 is 41.8 Å². The van der Waals surface area contributed by atoms with Gasteiger partial charge in [0.25, 0.3) is 0 Å². The van der Waals surface area contributed by atoms with Crippen molar-refractivity contribution in [2.24, 2.45) is 28.7 Å². The molecule has 162 valence electrons. The normalized spacial score (nSPS) is 26.6. The van der Waals surface area contributed by atoms with Crippen LogP contribution in [0.5, 0.6) is 5.75 Å². The second-order valence-corrected chi connectivity index (χ2v) is 7.85. The first kappa shape index (κ1) is 22.6. The van der Waals surface area contributed by atoms with Gasteiger partial charge < -0.3 is 15.4 Å². The second kappa shape index (κ2) is 9.80. The van der Waals surface area contributed by atoms with Crippen LogP contribution in [0.1, 0.15) is 12.0 Å². The predicted octanol–water partition coefficient (Wildman–Crippen LogP) is 1.83. The summed E-state index contributed by atoms with van der Waals surface area (Å²) < 4.78 is 5.17. The van der Waals surface area contributed by atoms with Crippen LogP contribution in [0.2, 0.25) is 0 Å². The molecule has 0 radical (unpaired) electrons. The molecule has 4 unspecified atom stereocenters. The van der Waals surface area contributed by atoms with Gasteiger partial charge in [-0.1, -0.05) is 24.3 Å². The Morgan fingerprint density at radius 1 is 1.07 bits per heavy atom. The number of guanidine groups is 1. The zero-order valence-corrected chi connectivity index (χ0v) is 19.7. The number of imide groups is 1. The Labute approximate surface area is 194 Å². The van der Waals surface area contributed by atoms with E-state index in [1.165, 1.54) is 10.5 Å². The Morgan fingerprint density at radius 3 is 2.23 bits per heavy atom. The molecule has 4 atom stereocenters. The van der Waals surface area contributed by atoms with Crippen molar-refractivity contribution in [1.29, 1.82) is 0 Å². The first-order valence-electron chi connectivity index (χ1n) is 10.2. The van der Waals surface area contributed by atoms with Crippen molar-refractivity contribution in [3.63, 3.8) is 0 Å². The van der Waals surface area contributed by atoms with Gasteiger partial charge in [-0.25, -0.2) is 0 Å². The topological polar surface area (TPSA) is 83.0 Å². The molecule has 8 heteroatoms. The third-order valence-electron chi connectivity index (χ3n) is 6.28.